The molecule has 1 fully saturated rings. The van der Waals surface area contributed by atoms with E-state index < -0.39 is 0 Å². The van der Waals surface area contributed by atoms with E-state index in [2.05, 4.69) is 52.7 Å². The Labute approximate surface area is 196 Å². The maximum absolute atomic E-state index is 12.2. The van der Waals surface area contributed by atoms with Crippen molar-refractivity contribution < 1.29 is 14.3 Å². The first-order chi connectivity index (χ1) is 16.0. The van der Waals surface area contributed by atoms with E-state index in [9.17, 15) is 9.59 Å². The molecule has 0 heterocycles. The highest BCUT2D eigenvalue weighted by Gasteiger charge is 2.26. The largest absolute Gasteiger partial charge is 0.494 e. The van der Waals surface area contributed by atoms with E-state index in [1.165, 1.54) is 18.1 Å². The molecule has 2 amide bonds. The van der Waals surface area contributed by atoms with E-state index in [1.54, 1.807) is 0 Å². The number of carbonyl (C=O) groups is 2. The van der Waals surface area contributed by atoms with Gasteiger partial charge in [0.15, 0.2) is 0 Å². The summed E-state index contributed by atoms with van der Waals surface area (Å²) in [5.74, 6) is 1.16. The molecule has 0 spiro atoms. The van der Waals surface area contributed by atoms with Crippen molar-refractivity contribution in [3.05, 3.63) is 65.2 Å². The molecule has 0 radical (unpaired) electrons. The van der Waals surface area contributed by atoms with Gasteiger partial charge >= 0.3 is 0 Å². The van der Waals surface area contributed by atoms with Crippen LogP contribution in [-0.4, -0.2) is 37.6 Å². The first kappa shape index (κ1) is 24.7. The molecule has 2 aromatic rings. The predicted molar refractivity (Wildman–Crippen MR) is 130 cm³/mol. The molecule has 0 aliphatic heterocycles. The van der Waals surface area contributed by atoms with Crippen LogP contribution in [0, 0.1) is 0 Å². The summed E-state index contributed by atoms with van der Waals surface area (Å²) in [6.45, 7) is 7.10. The summed E-state index contributed by atoms with van der Waals surface area (Å²) in [6, 6.07) is 16.7. The minimum Gasteiger partial charge on any atom is -0.494 e. The fraction of sp³-hybridized carbons (Fsp3) is 0.462. The van der Waals surface area contributed by atoms with Gasteiger partial charge in [0, 0.05) is 37.7 Å². The quantitative estimate of drug-likeness (QED) is 0.310. The highest BCUT2D eigenvalue weighted by molar-refractivity contribution is 5.94. The molecule has 3 atom stereocenters. The van der Waals surface area contributed by atoms with Gasteiger partial charge in [-0.2, -0.15) is 0 Å². The highest BCUT2D eigenvalue weighted by Crippen LogP contribution is 2.34. The Morgan fingerprint density at radius 3 is 2.55 bits per heavy atom. The van der Waals surface area contributed by atoms with Gasteiger partial charge in [0.05, 0.1) is 6.61 Å². The Morgan fingerprint density at radius 2 is 1.82 bits per heavy atom. The predicted octanol–water partition coefficient (Wildman–Crippen LogP) is 3.44. The smallest absolute Gasteiger partial charge is 0.251 e. The number of rotatable bonds is 11. The lowest BCUT2D eigenvalue weighted by Crippen LogP contribution is -2.40. The average molecular weight is 453 g/mol. The lowest BCUT2D eigenvalue weighted by atomic mass is 9.96. The van der Waals surface area contributed by atoms with Crippen molar-refractivity contribution in [2.24, 2.45) is 0 Å². The molecule has 1 aliphatic carbocycles. The molecular weight excluding hydrogens is 416 g/mol. The Kier molecular flexibility index (Phi) is 9.27. The Hall–Kier alpha value is -2.90. The van der Waals surface area contributed by atoms with Crippen LogP contribution >= 0.6 is 0 Å². The van der Waals surface area contributed by atoms with Gasteiger partial charge < -0.3 is 15.4 Å². The molecule has 3 rings (SSSR count). The van der Waals surface area contributed by atoms with Gasteiger partial charge in [-0.25, -0.2) is 0 Å². The normalized spacial score (nSPS) is 18.5. The topological polar surface area (TPSA) is 91.5 Å². The summed E-state index contributed by atoms with van der Waals surface area (Å²) < 4.78 is 5.61. The minimum absolute atomic E-state index is 0.0987. The van der Waals surface area contributed by atoms with Gasteiger partial charge in [-0.05, 0) is 74.4 Å². The molecule has 0 aromatic heterocycles. The zero-order chi connectivity index (χ0) is 23.6. The second kappa shape index (κ2) is 12.4. The van der Waals surface area contributed by atoms with Crippen LogP contribution in [0.15, 0.2) is 48.5 Å². The third kappa shape index (κ3) is 7.58. The minimum atomic E-state index is -0.121. The highest BCUT2D eigenvalue weighted by atomic mass is 16.5. The summed E-state index contributed by atoms with van der Waals surface area (Å²) in [4.78, 5) is 23.1. The molecular formula is C26H36N4O3. The number of hydrazine groups is 1. The molecule has 33 heavy (non-hydrogen) atoms. The first-order valence-electron chi connectivity index (χ1n) is 11.8. The maximum Gasteiger partial charge on any atom is 0.251 e. The van der Waals surface area contributed by atoms with Crippen LogP contribution in [0.25, 0.3) is 0 Å². The summed E-state index contributed by atoms with van der Waals surface area (Å²) in [6.07, 6.45) is 3.28. The van der Waals surface area contributed by atoms with Crippen LogP contribution in [0.3, 0.4) is 0 Å². The second-order valence-electron chi connectivity index (χ2n) is 8.58. The van der Waals surface area contributed by atoms with E-state index in [1.807, 2.05) is 31.2 Å². The Balaban J connectivity index is 1.44. The summed E-state index contributed by atoms with van der Waals surface area (Å²) in [7, 11) is 0. The van der Waals surface area contributed by atoms with E-state index in [-0.39, 0.29) is 17.9 Å². The van der Waals surface area contributed by atoms with Gasteiger partial charge in [-0.1, -0.05) is 24.3 Å². The van der Waals surface area contributed by atoms with E-state index in [0.29, 0.717) is 37.2 Å². The number of benzene rings is 2. The van der Waals surface area contributed by atoms with Crippen molar-refractivity contribution in [1.82, 2.24) is 21.5 Å². The molecule has 178 valence electrons. The molecule has 0 saturated heterocycles. The van der Waals surface area contributed by atoms with E-state index in [0.717, 1.165) is 25.0 Å². The third-order valence-electron chi connectivity index (χ3n) is 6.03. The lowest BCUT2D eigenvalue weighted by molar-refractivity contribution is -0.118. The number of amides is 2. The summed E-state index contributed by atoms with van der Waals surface area (Å²) in [5, 5.41) is 5.49. The van der Waals surface area contributed by atoms with Gasteiger partial charge in [-0.15, -0.1) is 0 Å². The molecule has 4 N–H and O–H groups in total. The molecule has 1 saturated carbocycles. The SMILES string of the molecule is CCOc1cccc([C@@H](C)NNC2CC[C@H](c3ccc(C(=O)NCCNC(C)=O)cc3)C2)c1. The maximum atomic E-state index is 12.2. The number of nitrogens with one attached hydrogen (secondary N) is 4. The van der Waals surface area contributed by atoms with E-state index >= 15 is 0 Å². The number of hydrogen-bond acceptors (Lipinski definition) is 5. The molecule has 1 unspecified atom stereocenters. The average Bonchev–Trinajstić information content (AvgIpc) is 3.29. The van der Waals surface area contributed by atoms with Crippen molar-refractivity contribution in [1.29, 1.82) is 0 Å². The molecule has 1 aliphatic rings. The molecule has 2 aromatic carbocycles. The summed E-state index contributed by atoms with van der Waals surface area (Å²) >= 11 is 0. The fourth-order valence-electron chi connectivity index (χ4n) is 4.21. The van der Waals surface area contributed by atoms with Crippen molar-refractivity contribution >= 4 is 11.8 Å². The van der Waals surface area contributed by atoms with Gasteiger partial charge in [0.25, 0.3) is 5.91 Å². The van der Waals surface area contributed by atoms with Crippen LogP contribution in [0.5, 0.6) is 5.75 Å². The van der Waals surface area contributed by atoms with Crippen molar-refractivity contribution in [3.8, 4) is 5.75 Å². The molecule has 0 bridgehead atoms. The van der Waals surface area contributed by atoms with Gasteiger partial charge in [0.1, 0.15) is 5.75 Å². The van der Waals surface area contributed by atoms with E-state index in [4.69, 9.17) is 4.74 Å². The summed E-state index contributed by atoms with van der Waals surface area (Å²) in [5.41, 5.74) is 10.1. The van der Waals surface area contributed by atoms with Gasteiger partial charge in [-0.3, -0.25) is 20.4 Å². The monoisotopic (exact) mass is 452 g/mol. The number of carbonyl (C=O) groups excluding carboxylic acids is 2. The first-order valence-corrected chi connectivity index (χ1v) is 11.8. The Bertz CT molecular complexity index is 916. The number of hydrogen-bond donors (Lipinski definition) is 4. The van der Waals surface area contributed by atoms with Crippen LogP contribution < -0.4 is 26.2 Å². The zero-order valence-electron chi connectivity index (χ0n) is 19.8. The van der Waals surface area contributed by atoms with Crippen LogP contribution in [0.4, 0.5) is 0 Å². The lowest BCUT2D eigenvalue weighted by Gasteiger charge is -2.20. The second-order valence-corrected chi connectivity index (χ2v) is 8.58. The van der Waals surface area contributed by atoms with Crippen LogP contribution in [0.1, 0.15) is 73.5 Å². The Morgan fingerprint density at radius 1 is 1.06 bits per heavy atom. The third-order valence-corrected chi connectivity index (χ3v) is 6.03. The van der Waals surface area contributed by atoms with Crippen LogP contribution in [-0.2, 0) is 4.79 Å². The standard InChI is InChI=1S/C26H36N4O3/c1-4-33-25-7-5-6-22(17-25)18(2)29-30-24-13-12-23(16-24)20-8-10-21(11-9-20)26(32)28-15-14-27-19(3)31/h5-11,17-18,23-24,29-30H,4,12-16H2,1-3H3,(H,27,31)(H,28,32)/t18-,23+,24?/m1/s1. The molecule has 7 nitrogen and oxygen atoms in total. The van der Waals surface area contributed by atoms with Crippen molar-refractivity contribution in [2.75, 3.05) is 19.7 Å². The molecule has 7 heteroatoms. The number of ether oxygens (including phenoxy) is 1. The van der Waals surface area contributed by atoms with Gasteiger partial charge in [0.2, 0.25) is 5.91 Å². The van der Waals surface area contributed by atoms with Crippen molar-refractivity contribution in [3.63, 3.8) is 0 Å². The fourth-order valence-corrected chi connectivity index (χ4v) is 4.21. The zero-order valence-corrected chi connectivity index (χ0v) is 19.8. The van der Waals surface area contributed by atoms with Crippen molar-refractivity contribution in [2.45, 2.75) is 58.0 Å². The van der Waals surface area contributed by atoms with Crippen LogP contribution in [0.2, 0.25) is 0 Å².